The van der Waals surface area contributed by atoms with Gasteiger partial charge in [0.15, 0.2) is 5.82 Å². The highest BCUT2D eigenvalue weighted by molar-refractivity contribution is 7.92. The Labute approximate surface area is 162 Å². The van der Waals surface area contributed by atoms with E-state index in [1.807, 2.05) is 0 Å². The number of para-hydroxylation sites is 1. The van der Waals surface area contributed by atoms with Gasteiger partial charge in [0, 0.05) is 18.6 Å². The molecule has 0 bridgehead atoms. The first kappa shape index (κ1) is 18.9. The van der Waals surface area contributed by atoms with Gasteiger partial charge in [-0.15, -0.1) is 0 Å². The van der Waals surface area contributed by atoms with E-state index >= 15 is 0 Å². The zero-order valence-corrected chi connectivity index (χ0v) is 15.6. The van der Waals surface area contributed by atoms with Crippen LogP contribution in [0.3, 0.4) is 0 Å². The van der Waals surface area contributed by atoms with Gasteiger partial charge in [0.2, 0.25) is 0 Å². The maximum Gasteiger partial charge on any atom is 0.417 e. The second kappa shape index (κ2) is 6.58. The lowest BCUT2D eigenvalue weighted by molar-refractivity contribution is -0.137. The van der Waals surface area contributed by atoms with E-state index in [2.05, 4.69) is 19.9 Å². The number of hydrogen-bond acceptors (Lipinski definition) is 5. The molecule has 0 atom stereocenters. The molecule has 29 heavy (non-hydrogen) atoms. The molecule has 0 aliphatic rings. The molecule has 0 aliphatic heterocycles. The van der Waals surface area contributed by atoms with Crippen LogP contribution < -0.4 is 4.72 Å². The topological polar surface area (TPSA) is 94.7 Å². The highest BCUT2D eigenvalue weighted by Crippen LogP contribution is 2.29. The van der Waals surface area contributed by atoms with Crippen LogP contribution in [-0.2, 0) is 23.2 Å². The van der Waals surface area contributed by atoms with Gasteiger partial charge in [-0.25, -0.2) is 18.1 Å². The summed E-state index contributed by atoms with van der Waals surface area (Å²) in [5.74, 6) is 0.0492. The van der Waals surface area contributed by atoms with E-state index in [9.17, 15) is 21.6 Å². The van der Waals surface area contributed by atoms with Crippen molar-refractivity contribution in [2.75, 3.05) is 4.72 Å². The summed E-state index contributed by atoms with van der Waals surface area (Å²) in [7, 11) is -2.31. The number of anilines is 1. The number of aryl methyl sites for hydroxylation is 1. The Morgan fingerprint density at radius 1 is 1.03 bits per heavy atom. The molecule has 12 heteroatoms. The van der Waals surface area contributed by atoms with Gasteiger partial charge < -0.3 is 0 Å². The number of sulfonamides is 1. The van der Waals surface area contributed by atoms with Gasteiger partial charge in [-0.1, -0.05) is 12.1 Å². The van der Waals surface area contributed by atoms with Gasteiger partial charge in [0.25, 0.3) is 10.0 Å². The van der Waals surface area contributed by atoms with Crippen LogP contribution in [0.4, 0.5) is 18.9 Å². The summed E-state index contributed by atoms with van der Waals surface area (Å²) >= 11 is 0. The molecule has 0 aliphatic carbocycles. The number of alkyl halides is 3. The Morgan fingerprint density at radius 2 is 1.83 bits per heavy atom. The summed E-state index contributed by atoms with van der Waals surface area (Å²) in [6.45, 7) is 0. The summed E-state index contributed by atoms with van der Waals surface area (Å²) in [5.41, 5.74) is 0.0305. The lowest BCUT2D eigenvalue weighted by Gasteiger charge is -2.08. The lowest BCUT2D eigenvalue weighted by Crippen LogP contribution is -2.13. The normalized spacial score (nSPS) is 12.4. The van der Waals surface area contributed by atoms with Crippen molar-refractivity contribution in [3.05, 3.63) is 60.7 Å². The molecule has 8 nitrogen and oxygen atoms in total. The Hall–Kier alpha value is -3.41. The number of rotatable bonds is 4. The van der Waals surface area contributed by atoms with E-state index < -0.39 is 21.8 Å². The fraction of sp³-hybridized carbons (Fsp3) is 0.118. The quantitative estimate of drug-likeness (QED) is 0.546. The average molecular weight is 422 g/mol. The van der Waals surface area contributed by atoms with Gasteiger partial charge in [-0.3, -0.25) is 9.40 Å². The highest BCUT2D eigenvalue weighted by Gasteiger charge is 2.30. The van der Waals surface area contributed by atoms with Crippen LogP contribution in [0.25, 0.3) is 16.7 Å². The lowest BCUT2D eigenvalue weighted by atomic mass is 10.2. The Bertz CT molecular complexity index is 1290. The van der Waals surface area contributed by atoms with Crippen LogP contribution in [0.5, 0.6) is 0 Å². The third-order valence-electron chi connectivity index (χ3n) is 4.18. The van der Waals surface area contributed by atoms with Crippen LogP contribution in [0, 0.1) is 0 Å². The van der Waals surface area contributed by atoms with E-state index in [1.54, 1.807) is 36.1 Å². The Morgan fingerprint density at radius 3 is 2.52 bits per heavy atom. The number of pyridine rings is 1. The molecule has 0 spiro atoms. The summed E-state index contributed by atoms with van der Waals surface area (Å²) in [4.78, 5) is 3.53. The van der Waals surface area contributed by atoms with Crippen molar-refractivity contribution in [3.63, 3.8) is 0 Å². The minimum atomic E-state index is -4.51. The zero-order chi connectivity index (χ0) is 20.8. The molecular formula is C17H13F3N6O2S. The van der Waals surface area contributed by atoms with Crippen LogP contribution >= 0.6 is 0 Å². The van der Waals surface area contributed by atoms with Gasteiger partial charge in [0.05, 0.1) is 35.4 Å². The van der Waals surface area contributed by atoms with Crippen molar-refractivity contribution in [1.29, 1.82) is 0 Å². The first-order chi connectivity index (χ1) is 13.6. The Kier molecular flexibility index (Phi) is 4.30. The van der Waals surface area contributed by atoms with E-state index in [-0.39, 0.29) is 10.7 Å². The molecule has 0 amide bonds. The molecule has 3 heterocycles. The number of aromatic nitrogens is 5. The number of fused-ring (bicyclic) bond motifs is 1. The molecular weight excluding hydrogens is 409 g/mol. The third-order valence-corrected chi connectivity index (χ3v) is 5.50. The molecule has 0 saturated heterocycles. The molecule has 0 saturated carbocycles. The minimum Gasteiger partial charge on any atom is -0.277 e. The van der Waals surface area contributed by atoms with Crippen LogP contribution in [0.2, 0.25) is 0 Å². The predicted molar refractivity (Wildman–Crippen MR) is 97.9 cm³/mol. The van der Waals surface area contributed by atoms with Crippen LogP contribution in [0.15, 0.2) is 60.0 Å². The third kappa shape index (κ3) is 3.53. The number of halogens is 3. The monoisotopic (exact) mass is 422 g/mol. The molecule has 0 fully saturated rings. The van der Waals surface area contributed by atoms with Gasteiger partial charge in [-0.05, 0) is 18.2 Å². The maximum absolute atomic E-state index is 12.7. The molecule has 3 aromatic heterocycles. The molecule has 4 rings (SSSR count). The first-order valence-electron chi connectivity index (χ1n) is 8.17. The fourth-order valence-electron chi connectivity index (χ4n) is 2.78. The summed E-state index contributed by atoms with van der Waals surface area (Å²) in [6.07, 6.45) is 0.0151. The summed E-state index contributed by atoms with van der Waals surface area (Å²) < 4.78 is 68.6. The highest BCUT2D eigenvalue weighted by atomic mass is 32.2. The van der Waals surface area contributed by atoms with Crippen LogP contribution in [0.1, 0.15) is 5.56 Å². The molecule has 1 aromatic carbocycles. The summed E-state index contributed by atoms with van der Waals surface area (Å²) in [6, 6.07) is 7.05. The second-order valence-corrected chi connectivity index (χ2v) is 7.82. The standard InChI is InChI=1S/C17H13F3N6O2S/c1-25-16-11(7-22-25)3-2-4-14(16)24-29(27,28)13-9-23-26(10-13)15-6-5-12(8-21-15)17(18,19)20/h2-10,24H,1H3. The number of nitrogens with one attached hydrogen (secondary N) is 1. The van der Waals surface area contributed by atoms with Gasteiger partial charge in [0.1, 0.15) is 4.90 Å². The van der Waals surface area contributed by atoms with Gasteiger partial charge >= 0.3 is 6.18 Å². The van der Waals surface area contributed by atoms with E-state index in [0.717, 1.165) is 28.4 Å². The van der Waals surface area contributed by atoms with Gasteiger partial charge in [-0.2, -0.15) is 23.4 Å². The average Bonchev–Trinajstić information content (AvgIpc) is 3.29. The smallest absolute Gasteiger partial charge is 0.277 e. The van der Waals surface area contributed by atoms with E-state index in [0.29, 0.717) is 17.4 Å². The zero-order valence-electron chi connectivity index (χ0n) is 14.8. The second-order valence-electron chi connectivity index (χ2n) is 6.14. The SMILES string of the molecule is Cn1ncc2cccc(NS(=O)(=O)c3cnn(-c4ccc(C(F)(F)F)cn4)c3)c21. The van der Waals surface area contributed by atoms with Crippen molar-refractivity contribution in [1.82, 2.24) is 24.5 Å². The number of nitrogens with zero attached hydrogens (tertiary/aromatic N) is 5. The Balaban J connectivity index is 1.64. The number of benzene rings is 1. The van der Waals surface area contributed by atoms with Crippen molar-refractivity contribution >= 4 is 26.6 Å². The van der Waals surface area contributed by atoms with E-state index in [4.69, 9.17) is 0 Å². The first-order valence-corrected chi connectivity index (χ1v) is 9.65. The number of hydrogen-bond donors (Lipinski definition) is 1. The van der Waals surface area contributed by atoms with Crippen molar-refractivity contribution in [2.45, 2.75) is 11.1 Å². The van der Waals surface area contributed by atoms with Crippen molar-refractivity contribution in [2.24, 2.45) is 7.05 Å². The predicted octanol–water partition coefficient (Wildman–Crippen LogP) is 2.97. The van der Waals surface area contributed by atoms with E-state index in [1.165, 1.54) is 6.20 Å². The van der Waals surface area contributed by atoms with Crippen molar-refractivity contribution < 1.29 is 21.6 Å². The van der Waals surface area contributed by atoms with Crippen LogP contribution in [-0.4, -0.2) is 33.0 Å². The largest absolute Gasteiger partial charge is 0.417 e. The molecule has 0 radical (unpaired) electrons. The molecule has 0 unspecified atom stereocenters. The molecule has 150 valence electrons. The molecule has 4 aromatic rings. The maximum atomic E-state index is 12.7. The van der Waals surface area contributed by atoms with Crippen molar-refractivity contribution in [3.8, 4) is 5.82 Å². The minimum absolute atomic E-state index is 0.0492. The summed E-state index contributed by atoms with van der Waals surface area (Å²) in [5, 5.41) is 8.76. The molecule has 1 N–H and O–H groups in total. The fourth-order valence-corrected chi connectivity index (χ4v) is 3.78.